The molecule has 2 heterocycles. The lowest BCUT2D eigenvalue weighted by molar-refractivity contribution is -0.133. The minimum Gasteiger partial charge on any atom is -0.493 e. The molecule has 1 saturated carbocycles. The predicted molar refractivity (Wildman–Crippen MR) is 138 cm³/mol. The summed E-state index contributed by atoms with van der Waals surface area (Å²) < 4.78 is 11.9. The van der Waals surface area contributed by atoms with Gasteiger partial charge in [0.25, 0.3) is 0 Å². The van der Waals surface area contributed by atoms with E-state index in [-0.39, 0.29) is 30.4 Å². The first-order chi connectivity index (χ1) is 17.6. The van der Waals surface area contributed by atoms with Gasteiger partial charge >= 0.3 is 0 Å². The Labute approximate surface area is 211 Å². The van der Waals surface area contributed by atoms with Crippen LogP contribution in [0.1, 0.15) is 37.1 Å². The molecule has 2 fully saturated rings. The van der Waals surface area contributed by atoms with Crippen LogP contribution in [-0.2, 0) is 17.6 Å². The summed E-state index contributed by atoms with van der Waals surface area (Å²) in [6.45, 7) is 2.05. The van der Waals surface area contributed by atoms with Gasteiger partial charge in [0, 0.05) is 31.4 Å². The van der Waals surface area contributed by atoms with E-state index in [2.05, 4.69) is 44.3 Å². The first kappa shape index (κ1) is 24.0. The number of anilines is 2. The van der Waals surface area contributed by atoms with Crippen molar-refractivity contribution >= 4 is 17.5 Å². The highest BCUT2D eigenvalue weighted by Crippen LogP contribution is 2.36. The number of aromatic amines is 1. The van der Waals surface area contributed by atoms with Gasteiger partial charge in [-0.1, -0.05) is 30.3 Å². The number of rotatable bonds is 8. The Morgan fingerprint density at radius 1 is 1.11 bits per heavy atom. The first-order valence-corrected chi connectivity index (χ1v) is 12.7. The number of aromatic nitrogens is 3. The van der Waals surface area contributed by atoms with Crippen molar-refractivity contribution in [2.75, 3.05) is 37.4 Å². The van der Waals surface area contributed by atoms with Crippen molar-refractivity contribution < 1.29 is 14.3 Å². The molecule has 2 aromatic carbocycles. The van der Waals surface area contributed by atoms with Gasteiger partial charge in [0.15, 0.2) is 17.3 Å². The predicted octanol–water partition coefficient (Wildman–Crippen LogP) is 3.22. The van der Waals surface area contributed by atoms with Gasteiger partial charge in [-0.05, 0) is 49.8 Å². The molecule has 1 amide bonds. The van der Waals surface area contributed by atoms with E-state index in [9.17, 15) is 4.79 Å². The molecular weight excluding hydrogens is 456 g/mol. The lowest BCUT2D eigenvalue weighted by Crippen LogP contribution is -2.56. The summed E-state index contributed by atoms with van der Waals surface area (Å²) in [5, 5.41) is 6.66. The second-order valence-electron chi connectivity index (χ2n) is 9.55. The van der Waals surface area contributed by atoms with E-state index < -0.39 is 0 Å². The number of nitrogens with one attached hydrogen (secondary N) is 1. The highest BCUT2D eigenvalue weighted by Gasteiger charge is 2.32. The van der Waals surface area contributed by atoms with Crippen LogP contribution in [0.15, 0.2) is 48.5 Å². The second kappa shape index (κ2) is 10.9. The Morgan fingerprint density at radius 3 is 2.64 bits per heavy atom. The van der Waals surface area contributed by atoms with Crippen LogP contribution in [0.4, 0.5) is 11.6 Å². The van der Waals surface area contributed by atoms with Gasteiger partial charge in [-0.25, -0.2) is 5.10 Å². The fourth-order valence-electron chi connectivity index (χ4n) is 5.25. The van der Waals surface area contributed by atoms with Gasteiger partial charge in [-0.3, -0.25) is 4.79 Å². The maximum Gasteiger partial charge on any atom is 0.230 e. The van der Waals surface area contributed by atoms with E-state index >= 15 is 0 Å². The number of amides is 1. The quantitative estimate of drug-likeness (QED) is 0.499. The Balaban J connectivity index is 1.35. The zero-order valence-corrected chi connectivity index (χ0v) is 20.7. The van der Waals surface area contributed by atoms with Crippen LogP contribution < -0.4 is 20.1 Å². The molecule has 190 valence electrons. The Hall–Kier alpha value is -3.75. The van der Waals surface area contributed by atoms with E-state index in [1.807, 2.05) is 29.2 Å². The fourth-order valence-corrected chi connectivity index (χ4v) is 5.25. The smallest absolute Gasteiger partial charge is 0.230 e. The van der Waals surface area contributed by atoms with Crippen molar-refractivity contribution in [2.24, 2.45) is 0 Å². The van der Waals surface area contributed by atoms with Crippen LogP contribution in [0.2, 0.25) is 0 Å². The normalized spacial score (nSPS) is 18.4. The summed E-state index contributed by atoms with van der Waals surface area (Å²) >= 11 is 0. The fraction of sp³-hybridized carbons (Fsp3) is 0.444. The number of nitrogen functional groups attached to an aromatic ring is 1. The third kappa shape index (κ3) is 5.56. The van der Waals surface area contributed by atoms with Gasteiger partial charge in [-0.15, -0.1) is 0 Å². The number of benzene rings is 2. The average molecular weight is 491 g/mol. The molecular formula is C27H34N6O3. The minimum absolute atomic E-state index is 0.00578. The number of ether oxygens (including phenoxy) is 2. The summed E-state index contributed by atoms with van der Waals surface area (Å²) in [4.78, 5) is 21.7. The lowest BCUT2D eigenvalue weighted by Gasteiger charge is -2.42. The lowest BCUT2D eigenvalue weighted by atomic mass is 10.0. The summed E-state index contributed by atoms with van der Waals surface area (Å²) in [6.07, 6.45) is 5.74. The molecule has 1 saturated heterocycles. The molecule has 1 aliphatic carbocycles. The monoisotopic (exact) mass is 490 g/mol. The zero-order chi connectivity index (χ0) is 24.9. The van der Waals surface area contributed by atoms with Crippen LogP contribution in [-0.4, -0.2) is 64.9 Å². The molecule has 0 bridgehead atoms. The number of hydrogen-bond acceptors (Lipinski definition) is 7. The topological polar surface area (TPSA) is 110 Å². The molecule has 3 aromatic rings. The summed E-state index contributed by atoms with van der Waals surface area (Å²) in [7, 11) is 1.68. The summed E-state index contributed by atoms with van der Waals surface area (Å²) in [6, 6.07) is 16.5. The maximum atomic E-state index is 13.3. The van der Waals surface area contributed by atoms with Crippen molar-refractivity contribution in [3.05, 3.63) is 59.9 Å². The summed E-state index contributed by atoms with van der Waals surface area (Å²) in [5.41, 5.74) is 7.93. The highest BCUT2D eigenvalue weighted by atomic mass is 16.5. The number of methoxy groups -OCH3 is 1. The molecule has 5 rings (SSSR count). The van der Waals surface area contributed by atoms with Crippen molar-refractivity contribution in [3.8, 4) is 11.5 Å². The largest absolute Gasteiger partial charge is 0.493 e. The number of carbonyl (C=O) groups excluding carboxylic acids is 1. The Kier molecular flexibility index (Phi) is 7.25. The molecule has 1 aromatic heterocycles. The molecule has 1 aliphatic heterocycles. The second-order valence-corrected chi connectivity index (χ2v) is 9.55. The van der Waals surface area contributed by atoms with E-state index in [1.165, 1.54) is 18.4 Å². The van der Waals surface area contributed by atoms with Gasteiger partial charge in [0.05, 0.1) is 25.7 Å². The van der Waals surface area contributed by atoms with Crippen LogP contribution in [0.25, 0.3) is 0 Å². The number of piperazine rings is 1. The minimum atomic E-state index is 0.00578. The number of nitrogens with two attached hydrogens (primary N) is 1. The number of carbonyl (C=O) groups is 1. The van der Waals surface area contributed by atoms with Crippen molar-refractivity contribution in [1.82, 2.24) is 20.1 Å². The third-order valence-corrected chi connectivity index (χ3v) is 7.08. The van der Waals surface area contributed by atoms with E-state index in [1.54, 1.807) is 7.11 Å². The SMILES string of the molecule is COc1ccc(N2CCN(C(=O)Cc3n[nH]c(N)n3)[C@@H](Cc3ccccc3)C2)cc1OC1CCCC1. The summed E-state index contributed by atoms with van der Waals surface area (Å²) in [5.74, 6) is 2.20. The average Bonchev–Trinajstić information content (AvgIpc) is 3.56. The molecule has 2 aliphatic rings. The number of hydrogen-bond donors (Lipinski definition) is 2. The van der Waals surface area contributed by atoms with E-state index in [0.717, 1.165) is 43.0 Å². The van der Waals surface area contributed by atoms with Crippen LogP contribution >= 0.6 is 0 Å². The van der Waals surface area contributed by atoms with Crippen molar-refractivity contribution in [3.63, 3.8) is 0 Å². The highest BCUT2D eigenvalue weighted by molar-refractivity contribution is 5.79. The maximum absolute atomic E-state index is 13.3. The number of H-pyrrole nitrogens is 1. The Bertz CT molecular complexity index is 1160. The molecule has 0 radical (unpaired) electrons. The van der Waals surface area contributed by atoms with Crippen LogP contribution in [0.5, 0.6) is 11.5 Å². The molecule has 36 heavy (non-hydrogen) atoms. The van der Waals surface area contributed by atoms with Crippen molar-refractivity contribution in [2.45, 2.75) is 50.7 Å². The molecule has 9 nitrogen and oxygen atoms in total. The third-order valence-electron chi connectivity index (χ3n) is 7.08. The van der Waals surface area contributed by atoms with Crippen LogP contribution in [0.3, 0.4) is 0 Å². The standard InChI is InChI=1S/C27H34N6O3/c1-35-23-12-11-20(16-24(23)36-22-9-5-6-10-22)32-13-14-33(26(34)17-25-29-27(28)31-30-25)21(18-32)15-19-7-3-2-4-8-19/h2-4,7-8,11-12,16,21-22H,5-6,9-10,13-15,17-18H2,1H3,(H3,28,29,30,31)/t21-/m0/s1. The molecule has 1 atom stereocenters. The van der Waals surface area contributed by atoms with E-state index in [0.29, 0.717) is 18.9 Å². The zero-order valence-electron chi connectivity index (χ0n) is 20.7. The van der Waals surface area contributed by atoms with Crippen LogP contribution in [0, 0.1) is 0 Å². The van der Waals surface area contributed by atoms with Gasteiger partial charge in [-0.2, -0.15) is 10.1 Å². The Morgan fingerprint density at radius 2 is 1.92 bits per heavy atom. The van der Waals surface area contributed by atoms with E-state index in [4.69, 9.17) is 15.2 Å². The molecule has 9 heteroatoms. The van der Waals surface area contributed by atoms with Crippen molar-refractivity contribution in [1.29, 1.82) is 0 Å². The molecule has 0 spiro atoms. The van der Waals surface area contributed by atoms with Gasteiger partial charge in [0.1, 0.15) is 0 Å². The van der Waals surface area contributed by atoms with Gasteiger partial charge in [0.2, 0.25) is 11.9 Å². The molecule has 0 unspecified atom stereocenters. The first-order valence-electron chi connectivity index (χ1n) is 12.7. The van der Waals surface area contributed by atoms with Gasteiger partial charge < -0.3 is 25.0 Å². The number of nitrogens with zero attached hydrogens (tertiary/aromatic N) is 4. The molecule has 3 N–H and O–H groups in total.